The van der Waals surface area contributed by atoms with E-state index in [1.807, 2.05) is 38.3 Å². The van der Waals surface area contributed by atoms with E-state index in [4.69, 9.17) is 14.9 Å². The van der Waals surface area contributed by atoms with Gasteiger partial charge in [0.1, 0.15) is 11.3 Å². The van der Waals surface area contributed by atoms with Gasteiger partial charge in [0.15, 0.2) is 11.5 Å². The first-order valence-electron chi connectivity index (χ1n) is 10.3. The zero-order valence-corrected chi connectivity index (χ0v) is 19.4. The highest BCUT2D eigenvalue weighted by atomic mass is 32.2. The molecule has 4 N–H and O–H groups in total. The Morgan fingerprint density at radius 2 is 1.97 bits per heavy atom. The summed E-state index contributed by atoms with van der Waals surface area (Å²) in [4.78, 5) is 24.8. The summed E-state index contributed by atoms with van der Waals surface area (Å²) in [6, 6.07) is 10.4. The molecule has 7 nitrogen and oxygen atoms in total. The quantitative estimate of drug-likeness (QED) is 0.418. The second kappa shape index (κ2) is 9.99. The van der Waals surface area contributed by atoms with Gasteiger partial charge in [-0.2, -0.15) is 0 Å². The number of ether oxygens (including phenoxy) is 1. The van der Waals surface area contributed by atoms with Crippen LogP contribution in [0.25, 0.3) is 22.3 Å². The van der Waals surface area contributed by atoms with E-state index >= 15 is 0 Å². The molecule has 2 amide bonds. The lowest BCUT2D eigenvalue weighted by atomic mass is 10.00. The number of hydrogen-bond acceptors (Lipinski definition) is 6. The summed E-state index contributed by atoms with van der Waals surface area (Å²) >= 11 is 1.54. The number of nitrogens with two attached hydrogens (primary N) is 1. The summed E-state index contributed by atoms with van der Waals surface area (Å²) in [7, 11) is 1.50. The third-order valence-corrected chi connectivity index (χ3v) is 6.10. The number of amides is 2. The Hall–Kier alpha value is -3.13. The third kappa shape index (κ3) is 5.19. The Labute approximate surface area is 191 Å². The summed E-state index contributed by atoms with van der Waals surface area (Å²) in [6.07, 6.45) is 2.25. The molecule has 170 valence electrons. The SMILES string of the molecule is COc1cc(-c2oc3ccc(CC(=O)N[C@H](CC(N)=O)C(C)C)cc3c2SC)ccc1O. The molecule has 0 bridgehead atoms. The molecule has 0 fully saturated rings. The first kappa shape index (κ1) is 23.5. The Kier molecular flexibility index (Phi) is 7.35. The molecule has 0 spiro atoms. The van der Waals surface area contributed by atoms with Crippen LogP contribution >= 0.6 is 11.8 Å². The van der Waals surface area contributed by atoms with Gasteiger partial charge >= 0.3 is 0 Å². The molecule has 0 saturated carbocycles. The summed E-state index contributed by atoms with van der Waals surface area (Å²) < 4.78 is 11.3. The Morgan fingerprint density at radius 3 is 2.59 bits per heavy atom. The molecule has 2 aromatic carbocycles. The van der Waals surface area contributed by atoms with E-state index in [0.717, 1.165) is 21.4 Å². The molecule has 8 heteroatoms. The van der Waals surface area contributed by atoms with Crippen molar-refractivity contribution in [1.82, 2.24) is 5.32 Å². The number of phenolic OH excluding ortho intramolecular Hbond substituents is 1. The molecule has 1 aromatic heterocycles. The fourth-order valence-electron chi connectivity index (χ4n) is 3.56. The summed E-state index contributed by atoms with van der Waals surface area (Å²) in [6.45, 7) is 3.88. The van der Waals surface area contributed by atoms with Crippen molar-refractivity contribution < 1.29 is 23.8 Å². The predicted molar refractivity (Wildman–Crippen MR) is 126 cm³/mol. The molecule has 3 aromatic rings. The van der Waals surface area contributed by atoms with Crippen LogP contribution in [-0.4, -0.2) is 36.3 Å². The van der Waals surface area contributed by atoms with Gasteiger partial charge in [0.05, 0.1) is 18.4 Å². The molecule has 0 saturated heterocycles. The lowest BCUT2D eigenvalue weighted by Crippen LogP contribution is -2.41. The van der Waals surface area contributed by atoms with Crippen LogP contribution < -0.4 is 15.8 Å². The topological polar surface area (TPSA) is 115 Å². The Balaban J connectivity index is 1.89. The van der Waals surface area contributed by atoms with Gasteiger partial charge in [-0.3, -0.25) is 9.59 Å². The second-order valence-electron chi connectivity index (χ2n) is 7.95. The van der Waals surface area contributed by atoms with Crippen molar-refractivity contribution in [3.8, 4) is 22.8 Å². The number of fused-ring (bicyclic) bond motifs is 1. The molecule has 32 heavy (non-hydrogen) atoms. The molecule has 0 aliphatic heterocycles. The number of methoxy groups -OCH3 is 1. The van der Waals surface area contributed by atoms with Gasteiger partial charge in [-0.25, -0.2) is 0 Å². The number of carbonyl (C=O) groups is 2. The fourth-order valence-corrected chi connectivity index (χ4v) is 4.28. The van der Waals surface area contributed by atoms with Crippen LogP contribution in [-0.2, 0) is 16.0 Å². The minimum Gasteiger partial charge on any atom is -0.504 e. The molecule has 0 aliphatic rings. The smallest absolute Gasteiger partial charge is 0.224 e. The van der Waals surface area contributed by atoms with Crippen LogP contribution in [0, 0.1) is 5.92 Å². The van der Waals surface area contributed by atoms with Crippen molar-refractivity contribution in [3.05, 3.63) is 42.0 Å². The lowest BCUT2D eigenvalue weighted by Gasteiger charge is -2.21. The number of benzene rings is 2. The standard InChI is InChI=1S/C24H28N2O5S/c1-13(2)17(12-21(25)28)26-22(29)10-14-5-8-19-16(9-14)24(32-4)23(31-19)15-6-7-18(27)20(11-15)30-3/h5-9,11,13,17,27H,10,12H2,1-4H3,(H2,25,28)(H,26,29)/t17-/m1/s1. The fraction of sp³-hybridized carbons (Fsp3) is 0.333. The first-order chi connectivity index (χ1) is 15.2. The third-order valence-electron chi connectivity index (χ3n) is 5.29. The van der Waals surface area contributed by atoms with Crippen molar-refractivity contribution in [2.45, 2.75) is 37.6 Å². The molecule has 0 radical (unpaired) electrons. The van der Waals surface area contributed by atoms with Crippen molar-refractivity contribution in [3.63, 3.8) is 0 Å². The van der Waals surface area contributed by atoms with E-state index in [0.29, 0.717) is 17.1 Å². The van der Waals surface area contributed by atoms with Crippen molar-refractivity contribution in [2.75, 3.05) is 13.4 Å². The van der Waals surface area contributed by atoms with Gasteiger partial charge in [-0.15, -0.1) is 11.8 Å². The van der Waals surface area contributed by atoms with Crippen LogP contribution in [0.1, 0.15) is 25.8 Å². The van der Waals surface area contributed by atoms with Gasteiger partial charge in [-0.05, 0) is 48.1 Å². The maximum atomic E-state index is 12.6. The minimum absolute atomic E-state index is 0.0578. The van der Waals surface area contributed by atoms with E-state index in [9.17, 15) is 14.7 Å². The lowest BCUT2D eigenvalue weighted by molar-refractivity contribution is -0.122. The molecular formula is C24H28N2O5S. The maximum absolute atomic E-state index is 12.6. The van der Waals surface area contributed by atoms with Crippen LogP contribution in [0.2, 0.25) is 0 Å². The van der Waals surface area contributed by atoms with E-state index in [1.165, 1.54) is 7.11 Å². The number of phenols is 1. The molecule has 3 rings (SSSR count). The van der Waals surface area contributed by atoms with Gasteiger partial charge in [0.2, 0.25) is 11.8 Å². The van der Waals surface area contributed by atoms with Gasteiger partial charge < -0.3 is 25.3 Å². The first-order valence-corrected chi connectivity index (χ1v) is 11.5. The highest BCUT2D eigenvalue weighted by Crippen LogP contribution is 2.41. The van der Waals surface area contributed by atoms with E-state index in [2.05, 4.69) is 5.32 Å². The molecule has 0 aliphatic carbocycles. The van der Waals surface area contributed by atoms with Crippen molar-refractivity contribution in [1.29, 1.82) is 0 Å². The number of nitrogens with one attached hydrogen (secondary N) is 1. The number of thioether (sulfide) groups is 1. The van der Waals surface area contributed by atoms with Crippen molar-refractivity contribution in [2.24, 2.45) is 11.7 Å². The zero-order valence-electron chi connectivity index (χ0n) is 18.6. The molecule has 0 unspecified atom stereocenters. The maximum Gasteiger partial charge on any atom is 0.224 e. The monoisotopic (exact) mass is 456 g/mol. The number of aromatic hydroxyl groups is 1. The van der Waals surface area contributed by atoms with Crippen LogP contribution in [0.4, 0.5) is 0 Å². The number of primary amides is 1. The van der Waals surface area contributed by atoms with Crippen LogP contribution in [0.5, 0.6) is 11.5 Å². The molecule has 1 atom stereocenters. The summed E-state index contributed by atoms with van der Waals surface area (Å²) in [5, 5.41) is 13.7. The van der Waals surface area contributed by atoms with Crippen LogP contribution in [0.3, 0.4) is 0 Å². The number of hydrogen-bond donors (Lipinski definition) is 3. The van der Waals surface area contributed by atoms with E-state index < -0.39 is 5.91 Å². The zero-order chi connectivity index (χ0) is 23.4. The van der Waals surface area contributed by atoms with Crippen molar-refractivity contribution >= 4 is 34.5 Å². The highest BCUT2D eigenvalue weighted by Gasteiger charge is 2.20. The van der Waals surface area contributed by atoms with Gasteiger partial charge in [-0.1, -0.05) is 19.9 Å². The largest absolute Gasteiger partial charge is 0.504 e. The van der Waals surface area contributed by atoms with Gasteiger partial charge in [0, 0.05) is 23.4 Å². The minimum atomic E-state index is -0.438. The highest BCUT2D eigenvalue weighted by molar-refractivity contribution is 7.99. The second-order valence-corrected chi connectivity index (χ2v) is 8.76. The number of furan rings is 1. The Morgan fingerprint density at radius 1 is 1.22 bits per heavy atom. The molecular weight excluding hydrogens is 428 g/mol. The van der Waals surface area contributed by atoms with E-state index in [1.54, 1.807) is 30.0 Å². The Bertz CT molecular complexity index is 1140. The average Bonchev–Trinajstić information content (AvgIpc) is 3.11. The molecule has 1 heterocycles. The summed E-state index contributed by atoms with van der Waals surface area (Å²) in [5.41, 5.74) is 7.63. The van der Waals surface area contributed by atoms with Crippen LogP contribution in [0.15, 0.2) is 45.7 Å². The predicted octanol–water partition coefficient (Wildman–Crippen LogP) is 4.09. The van der Waals surface area contributed by atoms with E-state index in [-0.39, 0.29) is 36.5 Å². The number of rotatable bonds is 9. The van der Waals surface area contributed by atoms with Gasteiger partial charge in [0.25, 0.3) is 0 Å². The average molecular weight is 457 g/mol. The normalized spacial score (nSPS) is 12.2. The summed E-state index contributed by atoms with van der Waals surface area (Å²) in [5.74, 6) is 0.587. The number of carbonyl (C=O) groups excluding carboxylic acids is 2.